The average Bonchev–Trinajstić information content (AvgIpc) is 2.49. The molecule has 64 valence electrons. The van der Waals surface area contributed by atoms with Crippen LogP contribution < -0.4 is 10.6 Å². The number of para-hydroxylation sites is 1. The zero-order chi connectivity index (χ0) is 8.55. The Morgan fingerprint density at radius 3 is 3.17 bits per heavy atom. The van der Waals surface area contributed by atoms with E-state index in [2.05, 4.69) is 10.6 Å². The van der Waals surface area contributed by atoms with Crippen molar-refractivity contribution in [2.75, 3.05) is 18.9 Å². The lowest BCUT2D eigenvalue weighted by atomic mass is 10.1. The molecule has 3 heteroatoms. The van der Waals surface area contributed by atoms with Crippen LogP contribution in [0.4, 0.5) is 10.1 Å². The van der Waals surface area contributed by atoms with E-state index < -0.39 is 0 Å². The highest BCUT2D eigenvalue weighted by Gasteiger charge is 2.22. The third-order valence-corrected chi connectivity index (χ3v) is 2.25. The summed E-state index contributed by atoms with van der Waals surface area (Å²) in [4.78, 5) is 0. The fourth-order valence-corrected chi connectivity index (χ4v) is 1.59. The van der Waals surface area contributed by atoms with E-state index in [-0.39, 0.29) is 11.9 Å². The summed E-state index contributed by atoms with van der Waals surface area (Å²) in [6.07, 6.45) is 0. The molecule has 2 rings (SSSR count). The summed E-state index contributed by atoms with van der Waals surface area (Å²) in [5.74, 6) is -0.162. The number of nitrogens with one attached hydrogen (secondary N) is 2. The van der Waals surface area contributed by atoms with Crippen LogP contribution in [-0.2, 0) is 0 Å². The summed E-state index contributed by atoms with van der Waals surface area (Å²) in [5, 5.41) is 6.15. The molecular formula is C9H11FN2. The van der Waals surface area contributed by atoms with Crippen LogP contribution in [0.25, 0.3) is 0 Å². The van der Waals surface area contributed by atoms with Crippen LogP contribution in [0.15, 0.2) is 18.2 Å². The lowest BCUT2D eigenvalue weighted by Crippen LogP contribution is -2.17. The molecule has 0 aliphatic carbocycles. The van der Waals surface area contributed by atoms with Gasteiger partial charge in [-0.3, -0.25) is 0 Å². The van der Waals surface area contributed by atoms with Crippen LogP contribution >= 0.6 is 0 Å². The van der Waals surface area contributed by atoms with Gasteiger partial charge in [0.2, 0.25) is 0 Å². The number of halogens is 1. The first-order valence-corrected chi connectivity index (χ1v) is 4.02. The topological polar surface area (TPSA) is 24.1 Å². The minimum atomic E-state index is -0.162. The third-order valence-electron chi connectivity index (χ3n) is 2.25. The smallest absolute Gasteiger partial charge is 0.146 e. The SMILES string of the molecule is CNC1CNc2c(F)cccc21. The molecule has 0 aromatic heterocycles. The number of anilines is 1. The van der Waals surface area contributed by atoms with Gasteiger partial charge in [-0.05, 0) is 18.7 Å². The first kappa shape index (κ1) is 7.55. The second kappa shape index (κ2) is 2.75. The molecule has 0 radical (unpaired) electrons. The van der Waals surface area contributed by atoms with Crippen LogP contribution in [-0.4, -0.2) is 13.6 Å². The first-order valence-electron chi connectivity index (χ1n) is 4.02. The largest absolute Gasteiger partial charge is 0.380 e. The molecule has 0 amide bonds. The molecule has 1 atom stereocenters. The maximum absolute atomic E-state index is 13.1. The fraction of sp³-hybridized carbons (Fsp3) is 0.333. The van der Waals surface area contributed by atoms with Gasteiger partial charge in [0.05, 0.1) is 11.7 Å². The van der Waals surface area contributed by atoms with Crippen molar-refractivity contribution in [2.24, 2.45) is 0 Å². The van der Waals surface area contributed by atoms with Crippen LogP contribution in [0.2, 0.25) is 0 Å². The molecule has 0 saturated carbocycles. The lowest BCUT2D eigenvalue weighted by molar-refractivity contribution is 0.628. The molecule has 1 aromatic carbocycles. The Bertz CT molecular complexity index is 299. The van der Waals surface area contributed by atoms with Gasteiger partial charge in [0.1, 0.15) is 5.82 Å². The van der Waals surface area contributed by atoms with Gasteiger partial charge in [-0.15, -0.1) is 0 Å². The molecule has 2 N–H and O–H groups in total. The van der Waals surface area contributed by atoms with Gasteiger partial charge >= 0.3 is 0 Å². The Kier molecular flexibility index (Phi) is 1.73. The zero-order valence-electron chi connectivity index (χ0n) is 6.89. The normalized spacial score (nSPS) is 20.3. The van der Waals surface area contributed by atoms with Gasteiger partial charge in [0.15, 0.2) is 0 Å². The zero-order valence-corrected chi connectivity index (χ0v) is 6.89. The van der Waals surface area contributed by atoms with Crippen molar-refractivity contribution >= 4 is 5.69 Å². The Morgan fingerprint density at radius 2 is 2.42 bits per heavy atom. The molecular weight excluding hydrogens is 155 g/mol. The van der Waals surface area contributed by atoms with Crippen molar-refractivity contribution in [3.8, 4) is 0 Å². The van der Waals surface area contributed by atoms with Gasteiger partial charge in [-0.2, -0.15) is 0 Å². The molecule has 1 aliphatic heterocycles. The van der Waals surface area contributed by atoms with Crippen LogP contribution in [0, 0.1) is 5.82 Å². The van der Waals surface area contributed by atoms with Crippen LogP contribution in [0.1, 0.15) is 11.6 Å². The van der Waals surface area contributed by atoms with E-state index in [4.69, 9.17) is 0 Å². The van der Waals surface area contributed by atoms with E-state index in [1.54, 1.807) is 6.07 Å². The van der Waals surface area contributed by atoms with E-state index in [0.717, 1.165) is 12.1 Å². The fourth-order valence-electron chi connectivity index (χ4n) is 1.59. The molecule has 0 fully saturated rings. The van der Waals surface area contributed by atoms with Crippen molar-refractivity contribution in [3.05, 3.63) is 29.6 Å². The minimum Gasteiger partial charge on any atom is -0.380 e. The average molecular weight is 166 g/mol. The number of hydrogen-bond donors (Lipinski definition) is 2. The molecule has 0 bridgehead atoms. The summed E-state index contributed by atoms with van der Waals surface area (Å²) >= 11 is 0. The third kappa shape index (κ3) is 0.975. The van der Waals surface area contributed by atoms with Gasteiger partial charge in [-0.25, -0.2) is 4.39 Å². The summed E-state index contributed by atoms with van der Waals surface area (Å²) in [7, 11) is 1.88. The van der Waals surface area contributed by atoms with Gasteiger partial charge in [0, 0.05) is 6.54 Å². The molecule has 12 heavy (non-hydrogen) atoms. The maximum Gasteiger partial charge on any atom is 0.146 e. The number of fused-ring (bicyclic) bond motifs is 1. The molecule has 1 heterocycles. The summed E-state index contributed by atoms with van der Waals surface area (Å²) in [5.41, 5.74) is 1.68. The Labute approximate surface area is 70.8 Å². The molecule has 0 saturated heterocycles. The summed E-state index contributed by atoms with van der Waals surface area (Å²) in [6, 6.07) is 5.41. The molecule has 2 nitrogen and oxygen atoms in total. The number of hydrogen-bond acceptors (Lipinski definition) is 2. The molecule has 0 spiro atoms. The Hall–Kier alpha value is -1.09. The predicted molar refractivity (Wildman–Crippen MR) is 46.7 cm³/mol. The van der Waals surface area contributed by atoms with Gasteiger partial charge < -0.3 is 10.6 Å². The minimum absolute atomic E-state index is 0.162. The Morgan fingerprint density at radius 1 is 1.58 bits per heavy atom. The highest BCUT2D eigenvalue weighted by molar-refractivity contribution is 5.58. The van der Waals surface area contributed by atoms with E-state index in [9.17, 15) is 4.39 Å². The highest BCUT2D eigenvalue weighted by atomic mass is 19.1. The van der Waals surface area contributed by atoms with Crippen LogP contribution in [0.5, 0.6) is 0 Å². The van der Waals surface area contributed by atoms with Gasteiger partial charge in [-0.1, -0.05) is 12.1 Å². The van der Waals surface area contributed by atoms with Crippen molar-refractivity contribution in [3.63, 3.8) is 0 Å². The second-order valence-corrected chi connectivity index (χ2v) is 2.93. The molecule has 1 aliphatic rings. The number of benzene rings is 1. The van der Waals surface area contributed by atoms with Crippen molar-refractivity contribution in [2.45, 2.75) is 6.04 Å². The van der Waals surface area contributed by atoms with E-state index in [0.29, 0.717) is 5.69 Å². The first-order chi connectivity index (χ1) is 5.83. The van der Waals surface area contributed by atoms with Crippen LogP contribution in [0.3, 0.4) is 0 Å². The van der Waals surface area contributed by atoms with Crippen molar-refractivity contribution in [1.82, 2.24) is 5.32 Å². The van der Waals surface area contributed by atoms with E-state index in [1.165, 1.54) is 6.07 Å². The van der Waals surface area contributed by atoms with Gasteiger partial charge in [0.25, 0.3) is 0 Å². The number of likely N-dealkylation sites (N-methyl/N-ethyl adjacent to an activating group) is 1. The maximum atomic E-state index is 13.1. The van der Waals surface area contributed by atoms with E-state index in [1.807, 2.05) is 13.1 Å². The molecule has 1 unspecified atom stereocenters. The number of rotatable bonds is 1. The summed E-state index contributed by atoms with van der Waals surface area (Å²) in [6.45, 7) is 0.771. The quantitative estimate of drug-likeness (QED) is 0.660. The van der Waals surface area contributed by atoms with Crippen molar-refractivity contribution < 1.29 is 4.39 Å². The predicted octanol–water partition coefficient (Wildman–Crippen LogP) is 1.51. The monoisotopic (exact) mass is 166 g/mol. The van der Waals surface area contributed by atoms with Crippen molar-refractivity contribution in [1.29, 1.82) is 0 Å². The standard InChI is InChI=1S/C9H11FN2/c1-11-8-5-12-9-6(8)3-2-4-7(9)10/h2-4,8,11-12H,5H2,1H3. The Balaban J connectivity index is 2.46. The summed E-state index contributed by atoms with van der Waals surface area (Å²) < 4.78 is 13.1. The van der Waals surface area contributed by atoms with E-state index >= 15 is 0 Å². The second-order valence-electron chi connectivity index (χ2n) is 2.93. The lowest BCUT2D eigenvalue weighted by Gasteiger charge is -2.06. The molecule has 1 aromatic rings. The highest BCUT2D eigenvalue weighted by Crippen LogP contribution is 2.31.